The lowest BCUT2D eigenvalue weighted by atomic mass is 10.1. The zero-order valence-corrected chi connectivity index (χ0v) is 14.3. The van der Waals surface area contributed by atoms with Gasteiger partial charge in [0.15, 0.2) is 0 Å². The van der Waals surface area contributed by atoms with Gasteiger partial charge in [0.1, 0.15) is 5.75 Å². The van der Waals surface area contributed by atoms with Crippen LogP contribution in [0.2, 0.25) is 0 Å². The van der Waals surface area contributed by atoms with Crippen LogP contribution in [-0.4, -0.2) is 61.9 Å². The Morgan fingerprint density at radius 1 is 1.28 bits per heavy atom. The molecule has 0 amide bonds. The van der Waals surface area contributed by atoms with Crippen LogP contribution >= 0.6 is 0 Å². The van der Waals surface area contributed by atoms with Crippen molar-refractivity contribution < 1.29 is 18.3 Å². The highest BCUT2D eigenvalue weighted by Gasteiger charge is 2.39. The first-order valence-corrected chi connectivity index (χ1v) is 8.44. The van der Waals surface area contributed by atoms with E-state index in [0.717, 1.165) is 48.5 Å². The zero-order valence-electron chi connectivity index (χ0n) is 14.3. The number of likely N-dealkylation sites (N-methyl/N-ethyl adjacent to an activating group) is 1. The largest absolute Gasteiger partial charge is 0.435 e. The third kappa shape index (κ3) is 3.14. The smallest absolute Gasteiger partial charge is 0.387 e. The monoisotopic (exact) mass is 349 g/mol. The molecule has 2 atom stereocenters. The van der Waals surface area contributed by atoms with Crippen LogP contribution in [0.15, 0.2) is 24.3 Å². The highest BCUT2D eigenvalue weighted by atomic mass is 19.3. The fourth-order valence-electron chi connectivity index (χ4n) is 3.81. The van der Waals surface area contributed by atoms with E-state index in [1.54, 1.807) is 12.1 Å². The summed E-state index contributed by atoms with van der Waals surface area (Å²) in [4.78, 5) is 9.12. The molecule has 0 aliphatic carbocycles. The fraction of sp³-hybridized carbons (Fsp3) is 0.500. The number of alkyl halides is 2. The van der Waals surface area contributed by atoms with E-state index in [9.17, 15) is 8.78 Å². The highest BCUT2D eigenvalue weighted by Crippen LogP contribution is 2.34. The summed E-state index contributed by atoms with van der Waals surface area (Å²) in [7, 11) is 2.12. The van der Waals surface area contributed by atoms with Crippen molar-refractivity contribution in [3.8, 4) is 5.75 Å². The molecule has 0 bridgehead atoms. The van der Waals surface area contributed by atoms with Gasteiger partial charge in [-0.3, -0.25) is 9.88 Å². The van der Waals surface area contributed by atoms with Crippen LogP contribution in [-0.2, 0) is 4.74 Å². The summed E-state index contributed by atoms with van der Waals surface area (Å²) >= 11 is 0. The molecule has 3 heterocycles. The number of ether oxygens (including phenoxy) is 2. The Morgan fingerprint density at radius 3 is 2.88 bits per heavy atom. The van der Waals surface area contributed by atoms with Crippen molar-refractivity contribution in [3.63, 3.8) is 0 Å². The Labute approximate surface area is 145 Å². The van der Waals surface area contributed by atoms with E-state index < -0.39 is 6.61 Å². The van der Waals surface area contributed by atoms with Gasteiger partial charge in [0.2, 0.25) is 0 Å². The molecule has 25 heavy (non-hydrogen) atoms. The molecule has 0 N–H and O–H groups in total. The van der Waals surface area contributed by atoms with Crippen molar-refractivity contribution in [3.05, 3.63) is 30.0 Å². The molecule has 2 fully saturated rings. The van der Waals surface area contributed by atoms with Gasteiger partial charge in [-0.15, -0.1) is 0 Å². The number of rotatable bonds is 3. The standard InChI is InChI=1S/C18H21F2N3O2/c1-11-7-15(23-9-16-17(10-23)24-6-5-22(16)2)13-8-12(25-18(19)20)3-4-14(13)21-11/h3-4,7-8,16-18H,5-6,9-10H2,1-2H3. The lowest BCUT2D eigenvalue weighted by Gasteiger charge is -2.33. The Balaban J connectivity index is 1.73. The second kappa shape index (κ2) is 6.38. The van der Waals surface area contributed by atoms with Crippen molar-refractivity contribution in [2.24, 2.45) is 0 Å². The molecular formula is C18H21F2N3O2. The molecule has 0 radical (unpaired) electrons. The first-order chi connectivity index (χ1) is 12.0. The number of fused-ring (bicyclic) bond motifs is 2. The molecular weight excluding hydrogens is 328 g/mol. The Kier molecular flexibility index (Phi) is 4.21. The molecule has 1 aromatic heterocycles. The summed E-state index contributed by atoms with van der Waals surface area (Å²) < 4.78 is 35.6. The van der Waals surface area contributed by atoms with Gasteiger partial charge in [-0.2, -0.15) is 8.78 Å². The maximum absolute atomic E-state index is 12.6. The molecule has 2 unspecified atom stereocenters. The summed E-state index contributed by atoms with van der Waals surface area (Å²) in [5.74, 6) is 0.152. The van der Waals surface area contributed by atoms with Crippen molar-refractivity contribution >= 4 is 16.6 Å². The van der Waals surface area contributed by atoms with Gasteiger partial charge in [0.25, 0.3) is 0 Å². The summed E-state index contributed by atoms with van der Waals surface area (Å²) in [6.45, 7) is 2.41. The third-order valence-electron chi connectivity index (χ3n) is 5.03. The SMILES string of the molecule is Cc1cc(N2CC3OCCN(C)C3C2)c2cc(OC(F)F)ccc2n1. The second-order valence-electron chi connectivity index (χ2n) is 6.70. The molecule has 5 nitrogen and oxygen atoms in total. The quantitative estimate of drug-likeness (QED) is 0.852. The number of hydrogen-bond donors (Lipinski definition) is 0. The number of anilines is 1. The van der Waals surface area contributed by atoms with Gasteiger partial charge in [-0.05, 0) is 38.2 Å². The van der Waals surface area contributed by atoms with Gasteiger partial charge in [0.05, 0.1) is 24.3 Å². The van der Waals surface area contributed by atoms with Gasteiger partial charge >= 0.3 is 6.61 Å². The Bertz CT molecular complexity index is 786. The topological polar surface area (TPSA) is 37.8 Å². The number of pyridine rings is 1. The number of benzene rings is 1. The maximum atomic E-state index is 12.6. The first kappa shape index (κ1) is 16.5. The summed E-state index contributed by atoms with van der Waals surface area (Å²) in [6.07, 6.45) is 0.169. The highest BCUT2D eigenvalue weighted by molar-refractivity contribution is 5.93. The van der Waals surface area contributed by atoms with Crippen molar-refractivity contribution in [2.75, 3.05) is 38.2 Å². The molecule has 2 aromatic rings. The van der Waals surface area contributed by atoms with E-state index >= 15 is 0 Å². The number of halogens is 2. The minimum Gasteiger partial charge on any atom is -0.435 e. The van der Waals surface area contributed by atoms with Gasteiger partial charge in [-0.25, -0.2) is 0 Å². The van der Waals surface area contributed by atoms with E-state index in [1.807, 2.05) is 13.0 Å². The van der Waals surface area contributed by atoms with Gasteiger partial charge in [-0.1, -0.05) is 0 Å². The van der Waals surface area contributed by atoms with Gasteiger partial charge in [0, 0.05) is 36.4 Å². The molecule has 134 valence electrons. The lowest BCUT2D eigenvalue weighted by molar-refractivity contribution is -0.0497. The van der Waals surface area contributed by atoms with Crippen LogP contribution < -0.4 is 9.64 Å². The van der Waals surface area contributed by atoms with Crippen molar-refractivity contribution in [1.29, 1.82) is 0 Å². The first-order valence-electron chi connectivity index (χ1n) is 8.44. The Hall–Kier alpha value is -1.99. The van der Waals surface area contributed by atoms with E-state index in [-0.39, 0.29) is 11.9 Å². The van der Waals surface area contributed by atoms with Crippen LogP contribution in [0.1, 0.15) is 5.69 Å². The number of aromatic nitrogens is 1. The van der Waals surface area contributed by atoms with Crippen LogP contribution in [0, 0.1) is 6.92 Å². The molecule has 2 aliphatic rings. The minimum atomic E-state index is -2.84. The lowest BCUT2D eigenvalue weighted by Crippen LogP contribution is -2.48. The number of hydrogen-bond acceptors (Lipinski definition) is 5. The molecule has 4 rings (SSSR count). The average Bonchev–Trinajstić information content (AvgIpc) is 2.99. The van der Waals surface area contributed by atoms with Crippen LogP contribution in [0.25, 0.3) is 10.9 Å². The third-order valence-corrected chi connectivity index (χ3v) is 5.03. The summed E-state index contributed by atoms with van der Waals surface area (Å²) in [5.41, 5.74) is 2.67. The molecule has 7 heteroatoms. The average molecular weight is 349 g/mol. The predicted octanol–water partition coefficient (Wildman–Crippen LogP) is 2.66. The van der Waals surface area contributed by atoms with Crippen LogP contribution in [0.4, 0.5) is 14.5 Å². The van der Waals surface area contributed by atoms with Crippen LogP contribution in [0.5, 0.6) is 5.75 Å². The van der Waals surface area contributed by atoms with E-state index in [2.05, 4.69) is 26.6 Å². The van der Waals surface area contributed by atoms with Crippen molar-refractivity contribution in [2.45, 2.75) is 25.7 Å². The molecule has 0 saturated carbocycles. The number of nitrogens with zero attached hydrogens (tertiary/aromatic N) is 3. The predicted molar refractivity (Wildman–Crippen MR) is 91.5 cm³/mol. The fourth-order valence-corrected chi connectivity index (χ4v) is 3.81. The number of morpholine rings is 1. The maximum Gasteiger partial charge on any atom is 0.387 e. The second-order valence-corrected chi connectivity index (χ2v) is 6.70. The zero-order chi connectivity index (χ0) is 17.6. The summed E-state index contributed by atoms with van der Waals surface area (Å²) in [6, 6.07) is 7.26. The molecule has 2 aliphatic heterocycles. The normalized spacial score (nSPS) is 24.1. The van der Waals surface area contributed by atoms with E-state index in [0.29, 0.717) is 6.04 Å². The van der Waals surface area contributed by atoms with E-state index in [4.69, 9.17) is 4.74 Å². The van der Waals surface area contributed by atoms with Gasteiger partial charge < -0.3 is 14.4 Å². The molecule has 2 saturated heterocycles. The Morgan fingerprint density at radius 2 is 2.12 bits per heavy atom. The molecule has 1 aromatic carbocycles. The van der Waals surface area contributed by atoms with Crippen molar-refractivity contribution in [1.82, 2.24) is 9.88 Å². The number of aryl methyl sites for hydroxylation is 1. The van der Waals surface area contributed by atoms with E-state index in [1.165, 1.54) is 6.07 Å². The van der Waals surface area contributed by atoms with Crippen LogP contribution in [0.3, 0.4) is 0 Å². The summed E-state index contributed by atoms with van der Waals surface area (Å²) in [5, 5.41) is 0.824. The minimum absolute atomic E-state index is 0.152. The molecule has 0 spiro atoms.